The van der Waals surface area contributed by atoms with Crippen molar-refractivity contribution in [1.82, 2.24) is 9.97 Å². The van der Waals surface area contributed by atoms with Crippen LogP contribution in [-0.2, 0) is 6.42 Å². The van der Waals surface area contributed by atoms with E-state index in [1.165, 1.54) is 11.4 Å². The fourth-order valence-corrected chi connectivity index (χ4v) is 3.75. The Morgan fingerprint density at radius 3 is 2.69 bits per heavy atom. The molecule has 4 heteroatoms. The molecule has 3 aromatic rings. The number of pyridine rings is 2. The lowest BCUT2D eigenvalue weighted by Crippen LogP contribution is -2.19. The van der Waals surface area contributed by atoms with Crippen LogP contribution in [-0.4, -0.2) is 23.1 Å². The largest absolute Gasteiger partial charge is 0.371 e. The lowest BCUT2D eigenvalue weighted by molar-refractivity contribution is 0.744. The van der Waals surface area contributed by atoms with Crippen LogP contribution in [0.5, 0.6) is 0 Å². The molecule has 0 aliphatic carbocycles. The van der Waals surface area contributed by atoms with Crippen LogP contribution in [0.3, 0.4) is 0 Å². The second kappa shape index (κ2) is 7.16. The number of anilines is 1. The van der Waals surface area contributed by atoms with Gasteiger partial charge < -0.3 is 9.88 Å². The number of nitrogens with one attached hydrogen (secondary N) is 1. The molecule has 0 radical (unpaired) electrons. The van der Waals surface area contributed by atoms with E-state index >= 15 is 0 Å². The molecular weight excluding hydrogens is 322 g/mol. The molecule has 4 rings (SSSR count). The van der Waals surface area contributed by atoms with Gasteiger partial charge in [-0.3, -0.25) is 9.78 Å². The van der Waals surface area contributed by atoms with Gasteiger partial charge in [0.2, 0.25) is 5.56 Å². The first-order valence-corrected chi connectivity index (χ1v) is 9.23. The Hall–Kier alpha value is -2.88. The van der Waals surface area contributed by atoms with Crippen molar-refractivity contribution in [1.29, 1.82) is 0 Å². The molecule has 1 aromatic carbocycles. The lowest BCUT2D eigenvalue weighted by Gasteiger charge is -2.19. The van der Waals surface area contributed by atoms with Crippen LogP contribution in [0.4, 0.5) is 5.69 Å². The third-order valence-electron chi connectivity index (χ3n) is 5.20. The first-order chi connectivity index (χ1) is 12.7. The van der Waals surface area contributed by atoms with Crippen molar-refractivity contribution in [2.45, 2.75) is 25.7 Å². The molecule has 1 fully saturated rings. The summed E-state index contributed by atoms with van der Waals surface area (Å²) in [6.45, 7) is 4.15. The average molecular weight is 345 g/mol. The Balaban J connectivity index is 1.54. The molecule has 1 saturated heterocycles. The molecule has 0 spiro atoms. The average Bonchev–Trinajstić information content (AvgIpc) is 3.19. The van der Waals surface area contributed by atoms with Gasteiger partial charge in [0.15, 0.2) is 0 Å². The van der Waals surface area contributed by atoms with Gasteiger partial charge >= 0.3 is 0 Å². The van der Waals surface area contributed by atoms with Gasteiger partial charge in [-0.2, -0.15) is 0 Å². The molecule has 0 saturated carbocycles. The summed E-state index contributed by atoms with van der Waals surface area (Å²) in [5, 5.41) is 0. The number of aromatic nitrogens is 2. The predicted molar refractivity (Wildman–Crippen MR) is 106 cm³/mol. The third-order valence-corrected chi connectivity index (χ3v) is 5.20. The summed E-state index contributed by atoms with van der Waals surface area (Å²) < 4.78 is 0. The molecule has 0 bridgehead atoms. The Kier molecular flexibility index (Phi) is 4.57. The maximum absolute atomic E-state index is 11.7. The molecule has 1 aliphatic heterocycles. The SMILES string of the molecule is CCc1ccc(=O)[nH]c1-c1ccc(N2CCC(c3ccccn3)C2)cc1. The van der Waals surface area contributed by atoms with Gasteiger partial charge in [0, 0.05) is 42.7 Å². The second-order valence-corrected chi connectivity index (χ2v) is 6.81. The van der Waals surface area contributed by atoms with Crippen molar-refractivity contribution in [3.05, 3.63) is 82.4 Å². The molecule has 1 N–H and O–H groups in total. The summed E-state index contributed by atoms with van der Waals surface area (Å²) in [6, 6.07) is 18.2. The summed E-state index contributed by atoms with van der Waals surface area (Å²) in [4.78, 5) is 21.6. The van der Waals surface area contributed by atoms with E-state index in [2.05, 4.69) is 58.2 Å². The molecule has 1 atom stereocenters. The van der Waals surface area contributed by atoms with Gasteiger partial charge in [0.1, 0.15) is 0 Å². The van der Waals surface area contributed by atoms with Gasteiger partial charge in [0.25, 0.3) is 0 Å². The van der Waals surface area contributed by atoms with Crippen LogP contribution in [0.25, 0.3) is 11.3 Å². The van der Waals surface area contributed by atoms with E-state index in [1.807, 2.05) is 18.3 Å². The maximum Gasteiger partial charge on any atom is 0.248 e. The Bertz CT molecular complexity index is 932. The molecule has 1 aliphatic rings. The van der Waals surface area contributed by atoms with Crippen molar-refractivity contribution in [3.63, 3.8) is 0 Å². The van der Waals surface area contributed by atoms with Gasteiger partial charge in [-0.15, -0.1) is 0 Å². The number of rotatable bonds is 4. The summed E-state index contributed by atoms with van der Waals surface area (Å²) in [6.07, 6.45) is 3.90. The van der Waals surface area contributed by atoms with E-state index in [-0.39, 0.29) is 5.56 Å². The number of aromatic amines is 1. The van der Waals surface area contributed by atoms with Crippen molar-refractivity contribution >= 4 is 5.69 Å². The van der Waals surface area contributed by atoms with Crippen molar-refractivity contribution in [2.24, 2.45) is 0 Å². The van der Waals surface area contributed by atoms with E-state index in [1.54, 1.807) is 6.07 Å². The van der Waals surface area contributed by atoms with E-state index in [0.717, 1.165) is 42.8 Å². The number of nitrogens with zero attached hydrogens (tertiary/aromatic N) is 2. The van der Waals surface area contributed by atoms with E-state index in [4.69, 9.17) is 0 Å². The van der Waals surface area contributed by atoms with Gasteiger partial charge in [0.05, 0.1) is 5.69 Å². The Morgan fingerprint density at radius 2 is 1.96 bits per heavy atom. The molecular formula is C22H23N3O. The number of H-pyrrole nitrogens is 1. The quantitative estimate of drug-likeness (QED) is 0.778. The summed E-state index contributed by atoms with van der Waals surface area (Å²) in [5.41, 5.74) is 5.50. The zero-order valence-corrected chi connectivity index (χ0v) is 15.0. The third kappa shape index (κ3) is 3.27. The zero-order chi connectivity index (χ0) is 17.9. The van der Waals surface area contributed by atoms with Crippen LogP contribution < -0.4 is 10.5 Å². The number of aryl methyl sites for hydroxylation is 1. The molecule has 26 heavy (non-hydrogen) atoms. The van der Waals surface area contributed by atoms with Crippen molar-refractivity contribution in [2.75, 3.05) is 18.0 Å². The fourth-order valence-electron chi connectivity index (χ4n) is 3.75. The fraction of sp³-hybridized carbons (Fsp3) is 0.273. The highest BCUT2D eigenvalue weighted by atomic mass is 16.1. The Morgan fingerprint density at radius 1 is 1.12 bits per heavy atom. The number of hydrogen-bond acceptors (Lipinski definition) is 3. The molecule has 2 aromatic heterocycles. The molecule has 4 nitrogen and oxygen atoms in total. The molecule has 1 unspecified atom stereocenters. The van der Waals surface area contributed by atoms with Crippen LogP contribution in [0.2, 0.25) is 0 Å². The van der Waals surface area contributed by atoms with Gasteiger partial charge in [-0.25, -0.2) is 0 Å². The second-order valence-electron chi connectivity index (χ2n) is 6.81. The highest BCUT2D eigenvalue weighted by molar-refractivity contribution is 5.66. The molecule has 3 heterocycles. The van der Waals surface area contributed by atoms with Gasteiger partial charge in [-0.05, 0) is 48.2 Å². The highest BCUT2D eigenvalue weighted by Crippen LogP contribution is 2.31. The first-order valence-electron chi connectivity index (χ1n) is 9.23. The van der Waals surface area contributed by atoms with E-state index in [0.29, 0.717) is 5.92 Å². The normalized spacial score (nSPS) is 16.8. The topological polar surface area (TPSA) is 49.0 Å². The standard InChI is InChI=1S/C22H23N3O/c1-2-16-8-11-21(26)24-22(16)17-6-9-19(10-7-17)25-14-12-18(15-25)20-5-3-4-13-23-20/h3-11,13,18H,2,12,14-15H2,1H3,(H,24,26). The van der Waals surface area contributed by atoms with Crippen LogP contribution >= 0.6 is 0 Å². The van der Waals surface area contributed by atoms with E-state index < -0.39 is 0 Å². The highest BCUT2D eigenvalue weighted by Gasteiger charge is 2.24. The molecule has 132 valence electrons. The zero-order valence-electron chi connectivity index (χ0n) is 15.0. The number of hydrogen-bond donors (Lipinski definition) is 1. The first kappa shape index (κ1) is 16.6. The summed E-state index contributed by atoms with van der Waals surface area (Å²) in [5.74, 6) is 0.494. The minimum atomic E-state index is -0.0565. The minimum Gasteiger partial charge on any atom is -0.371 e. The lowest BCUT2D eigenvalue weighted by atomic mass is 10.0. The van der Waals surface area contributed by atoms with Crippen molar-refractivity contribution in [3.8, 4) is 11.3 Å². The molecule has 0 amide bonds. The van der Waals surface area contributed by atoms with Crippen LogP contribution in [0, 0.1) is 0 Å². The van der Waals surface area contributed by atoms with Crippen molar-refractivity contribution < 1.29 is 0 Å². The predicted octanol–water partition coefficient (Wildman–Crippen LogP) is 3.99. The van der Waals surface area contributed by atoms with Crippen LogP contribution in [0.1, 0.15) is 30.5 Å². The van der Waals surface area contributed by atoms with Crippen LogP contribution in [0.15, 0.2) is 65.6 Å². The van der Waals surface area contributed by atoms with E-state index in [9.17, 15) is 4.79 Å². The Labute approximate surface area is 153 Å². The maximum atomic E-state index is 11.7. The monoisotopic (exact) mass is 345 g/mol. The smallest absolute Gasteiger partial charge is 0.248 e. The minimum absolute atomic E-state index is 0.0565. The summed E-state index contributed by atoms with van der Waals surface area (Å²) >= 11 is 0. The van der Waals surface area contributed by atoms with Gasteiger partial charge in [-0.1, -0.05) is 31.2 Å². The summed E-state index contributed by atoms with van der Waals surface area (Å²) in [7, 11) is 0. The number of benzene rings is 1.